The van der Waals surface area contributed by atoms with Crippen molar-refractivity contribution in [2.45, 2.75) is 30.6 Å². The summed E-state index contributed by atoms with van der Waals surface area (Å²) in [6.07, 6.45) is 5.00. The van der Waals surface area contributed by atoms with Gasteiger partial charge < -0.3 is 10.4 Å². The molecule has 0 bridgehead atoms. The summed E-state index contributed by atoms with van der Waals surface area (Å²) in [5.74, 6) is -1.04. The molecule has 1 aromatic rings. The summed E-state index contributed by atoms with van der Waals surface area (Å²) in [7, 11) is 0. The summed E-state index contributed by atoms with van der Waals surface area (Å²) in [6, 6.07) is 4.01. The van der Waals surface area contributed by atoms with Crippen LogP contribution in [0.1, 0.15) is 29.6 Å². The van der Waals surface area contributed by atoms with Crippen LogP contribution >= 0.6 is 11.8 Å². The Labute approximate surface area is 120 Å². The number of carbonyl (C=O) groups excluding carboxylic acids is 1. The molecule has 2 rings (SSSR count). The molecule has 0 heterocycles. The van der Waals surface area contributed by atoms with Gasteiger partial charge in [0, 0.05) is 17.4 Å². The van der Waals surface area contributed by atoms with E-state index < -0.39 is 22.3 Å². The fourth-order valence-electron chi connectivity index (χ4n) is 2.48. The predicted octanol–water partition coefficient (Wildman–Crippen LogP) is 2.31. The molecule has 2 atom stereocenters. The van der Waals surface area contributed by atoms with Crippen LogP contribution in [0, 0.1) is 10.1 Å². The number of phenolic OH excluding ortho intramolecular Hbond substituents is 1. The van der Waals surface area contributed by atoms with Gasteiger partial charge in [0.1, 0.15) is 0 Å². The molecule has 2 unspecified atom stereocenters. The summed E-state index contributed by atoms with van der Waals surface area (Å²) in [5, 5.41) is 23.8. The summed E-state index contributed by atoms with van der Waals surface area (Å²) >= 11 is 1.70. The van der Waals surface area contributed by atoms with E-state index in [9.17, 15) is 20.0 Å². The number of carbonyl (C=O) groups is 1. The Morgan fingerprint density at radius 2 is 2.25 bits per heavy atom. The van der Waals surface area contributed by atoms with E-state index in [-0.39, 0.29) is 11.6 Å². The molecule has 0 spiro atoms. The highest BCUT2D eigenvalue weighted by Gasteiger charge is 2.29. The van der Waals surface area contributed by atoms with E-state index in [1.54, 1.807) is 11.8 Å². The molecule has 0 saturated heterocycles. The first-order valence-electron chi connectivity index (χ1n) is 6.34. The maximum atomic E-state index is 12.2. The van der Waals surface area contributed by atoms with Gasteiger partial charge in [-0.1, -0.05) is 12.5 Å². The number of benzene rings is 1. The molecule has 0 aromatic heterocycles. The van der Waals surface area contributed by atoms with E-state index in [0.717, 1.165) is 19.3 Å². The van der Waals surface area contributed by atoms with Crippen LogP contribution in [0.15, 0.2) is 18.2 Å². The van der Waals surface area contributed by atoms with Crippen molar-refractivity contribution in [1.29, 1.82) is 0 Å². The number of nitrogens with one attached hydrogen (secondary N) is 1. The summed E-state index contributed by atoms with van der Waals surface area (Å²) in [5.41, 5.74) is -0.503. The van der Waals surface area contributed by atoms with Gasteiger partial charge in [-0.25, -0.2) is 0 Å². The number of nitro benzene ring substituents is 1. The molecule has 7 heteroatoms. The largest absolute Gasteiger partial charge is 0.502 e. The lowest BCUT2D eigenvalue weighted by Gasteiger charge is -2.19. The molecule has 20 heavy (non-hydrogen) atoms. The lowest BCUT2D eigenvalue weighted by molar-refractivity contribution is -0.385. The number of hydrogen-bond acceptors (Lipinski definition) is 5. The first-order valence-corrected chi connectivity index (χ1v) is 7.63. The van der Waals surface area contributed by atoms with Gasteiger partial charge in [0.2, 0.25) is 5.75 Å². The molecule has 6 nitrogen and oxygen atoms in total. The Hall–Kier alpha value is -1.76. The third-order valence-electron chi connectivity index (χ3n) is 3.53. The van der Waals surface area contributed by atoms with Crippen LogP contribution in [0.25, 0.3) is 0 Å². The van der Waals surface area contributed by atoms with Crippen molar-refractivity contribution in [3.63, 3.8) is 0 Å². The molecular formula is C13H16N2O4S. The van der Waals surface area contributed by atoms with Crippen molar-refractivity contribution in [1.82, 2.24) is 5.32 Å². The van der Waals surface area contributed by atoms with Gasteiger partial charge in [0.15, 0.2) is 0 Å². The quantitative estimate of drug-likeness (QED) is 0.657. The van der Waals surface area contributed by atoms with Crippen LogP contribution in [0.3, 0.4) is 0 Å². The van der Waals surface area contributed by atoms with E-state index in [1.165, 1.54) is 18.2 Å². The monoisotopic (exact) mass is 296 g/mol. The van der Waals surface area contributed by atoms with E-state index in [0.29, 0.717) is 5.25 Å². The minimum absolute atomic E-state index is 0.0500. The Kier molecular flexibility index (Phi) is 4.49. The first-order chi connectivity index (χ1) is 9.54. The first kappa shape index (κ1) is 14.6. The number of rotatable bonds is 4. The van der Waals surface area contributed by atoms with Gasteiger partial charge in [-0.3, -0.25) is 14.9 Å². The zero-order chi connectivity index (χ0) is 14.7. The number of nitrogens with zero attached hydrogens (tertiary/aromatic N) is 1. The zero-order valence-electron chi connectivity index (χ0n) is 11.0. The average Bonchev–Trinajstić information content (AvgIpc) is 2.85. The minimum Gasteiger partial charge on any atom is -0.502 e. The average molecular weight is 296 g/mol. The molecule has 1 amide bonds. The third-order valence-corrected chi connectivity index (χ3v) is 4.70. The molecule has 1 aliphatic rings. The lowest BCUT2D eigenvalue weighted by Crippen LogP contribution is -2.38. The standard InChI is InChI=1S/C13H16N2O4S/c1-20-11-7-3-5-9(11)14-13(17)8-4-2-6-10(12(8)16)15(18)19/h2,4,6,9,11,16H,3,5,7H2,1H3,(H,14,17). The van der Waals surface area contributed by atoms with Crippen molar-refractivity contribution in [3.05, 3.63) is 33.9 Å². The highest BCUT2D eigenvalue weighted by atomic mass is 32.2. The van der Waals surface area contributed by atoms with Crippen LogP contribution in [-0.4, -0.2) is 33.5 Å². The minimum atomic E-state index is -0.702. The molecule has 0 aliphatic heterocycles. The van der Waals surface area contributed by atoms with Crippen molar-refractivity contribution < 1.29 is 14.8 Å². The molecule has 2 N–H and O–H groups in total. The third kappa shape index (κ3) is 2.87. The van der Waals surface area contributed by atoms with Crippen LogP contribution in [0.4, 0.5) is 5.69 Å². The van der Waals surface area contributed by atoms with Crippen LogP contribution in [0.5, 0.6) is 5.75 Å². The fourth-order valence-corrected chi connectivity index (χ4v) is 3.42. The Bertz CT molecular complexity index is 535. The maximum Gasteiger partial charge on any atom is 0.311 e. The number of para-hydroxylation sites is 1. The van der Waals surface area contributed by atoms with Gasteiger partial charge in [0.25, 0.3) is 5.91 Å². The Morgan fingerprint density at radius 1 is 1.50 bits per heavy atom. The van der Waals surface area contributed by atoms with Gasteiger partial charge in [-0.15, -0.1) is 0 Å². The number of phenols is 1. The highest BCUT2D eigenvalue weighted by Crippen LogP contribution is 2.31. The molecule has 0 radical (unpaired) electrons. The molecule has 108 valence electrons. The number of aromatic hydroxyl groups is 1. The van der Waals surface area contributed by atoms with E-state index in [1.807, 2.05) is 6.26 Å². The second-order valence-electron chi connectivity index (χ2n) is 4.72. The SMILES string of the molecule is CSC1CCCC1NC(=O)c1cccc([N+](=O)[O-])c1O. The van der Waals surface area contributed by atoms with Gasteiger partial charge >= 0.3 is 5.69 Å². The topological polar surface area (TPSA) is 92.5 Å². The van der Waals surface area contributed by atoms with Crippen molar-refractivity contribution in [3.8, 4) is 5.75 Å². The predicted molar refractivity (Wildman–Crippen MR) is 77.2 cm³/mol. The Morgan fingerprint density at radius 3 is 2.90 bits per heavy atom. The smallest absolute Gasteiger partial charge is 0.311 e. The van der Waals surface area contributed by atoms with Crippen molar-refractivity contribution in [2.75, 3.05) is 6.26 Å². The zero-order valence-corrected chi connectivity index (χ0v) is 11.9. The normalized spacial score (nSPS) is 21.6. The van der Waals surface area contributed by atoms with Gasteiger partial charge in [-0.2, -0.15) is 11.8 Å². The molecule has 1 fully saturated rings. The summed E-state index contributed by atoms with van der Waals surface area (Å²) in [4.78, 5) is 22.2. The second-order valence-corrected chi connectivity index (χ2v) is 5.79. The second kappa shape index (κ2) is 6.13. The summed E-state index contributed by atoms with van der Waals surface area (Å²) in [6.45, 7) is 0. The molecule has 1 saturated carbocycles. The highest BCUT2D eigenvalue weighted by molar-refractivity contribution is 7.99. The van der Waals surface area contributed by atoms with Gasteiger partial charge in [-0.05, 0) is 25.2 Å². The van der Waals surface area contributed by atoms with Crippen LogP contribution < -0.4 is 5.32 Å². The van der Waals surface area contributed by atoms with E-state index in [4.69, 9.17) is 0 Å². The maximum absolute atomic E-state index is 12.2. The number of hydrogen-bond donors (Lipinski definition) is 2. The molecule has 1 aliphatic carbocycles. The molecule has 1 aromatic carbocycles. The van der Waals surface area contributed by atoms with Crippen molar-refractivity contribution >= 4 is 23.4 Å². The van der Waals surface area contributed by atoms with Crippen LogP contribution in [0.2, 0.25) is 0 Å². The number of nitro groups is 1. The van der Waals surface area contributed by atoms with Gasteiger partial charge in [0.05, 0.1) is 10.5 Å². The Balaban J connectivity index is 2.17. The van der Waals surface area contributed by atoms with Crippen LogP contribution in [-0.2, 0) is 0 Å². The molecular weight excluding hydrogens is 280 g/mol. The van der Waals surface area contributed by atoms with E-state index >= 15 is 0 Å². The lowest BCUT2D eigenvalue weighted by atomic mass is 10.1. The van der Waals surface area contributed by atoms with E-state index in [2.05, 4.69) is 5.32 Å². The number of amides is 1. The van der Waals surface area contributed by atoms with Crippen molar-refractivity contribution in [2.24, 2.45) is 0 Å². The fraction of sp³-hybridized carbons (Fsp3) is 0.462. The summed E-state index contributed by atoms with van der Waals surface area (Å²) < 4.78 is 0. The number of thioether (sulfide) groups is 1.